The zero-order chi connectivity index (χ0) is 13.1. The quantitative estimate of drug-likeness (QED) is 0.352. The maximum absolute atomic E-state index is 10.6. The Hall–Kier alpha value is -2.64. The molecule has 0 N–H and O–H groups in total. The highest BCUT2D eigenvalue weighted by atomic mass is 16.7. The minimum absolute atomic E-state index is 0.0370. The topological polar surface area (TPSA) is 105 Å². The molecule has 0 atom stereocenters. The van der Waals surface area contributed by atoms with Crippen LogP contribution in [0.1, 0.15) is 6.92 Å². The van der Waals surface area contributed by atoms with Gasteiger partial charge in [-0.3, -0.25) is 14.9 Å². The summed E-state index contributed by atoms with van der Waals surface area (Å²) in [6.45, 7) is 0.898. The Labute approximate surface area is 100 Å². The van der Waals surface area contributed by atoms with Gasteiger partial charge in [0, 0.05) is 19.1 Å². The van der Waals surface area contributed by atoms with Gasteiger partial charge in [0.15, 0.2) is 5.58 Å². The van der Waals surface area contributed by atoms with E-state index in [-0.39, 0.29) is 18.4 Å². The molecule has 0 spiro atoms. The van der Waals surface area contributed by atoms with Crippen molar-refractivity contribution in [1.82, 2.24) is 5.16 Å². The van der Waals surface area contributed by atoms with Crippen LogP contribution in [0.25, 0.3) is 11.0 Å². The number of nitro benzene ring substituents is 1. The van der Waals surface area contributed by atoms with Crippen molar-refractivity contribution in [3.63, 3.8) is 0 Å². The average molecular weight is 252 g/mol. The summed E-state index contributed by atoms with van der Waals surface area (Å²) in [5, 5.41) is 14.6. The van der Waals surface area contributed by atoms with Crippen molar-refractivity contribution in [1.29, 1.82) is 0 Å². The molecule has 0 amide bonds. The Morgan fingerprint density at radius 1 is 1.56 bits per heavy atom. The lowest BCUT2D eigenvalue weighted by Crippen LogP contribution is -2.06. The first-order valence-electron chi connectivity index (χ1n) is 4.88. The molecule has 1 heterocycles. The van der Waals surface area contributed by atoms with Crippen molar-refractivity contribution in [2.45, 2.75) is 6.92 Å². The van der Waals surface area contributed by atoms with Gasteiger partial charge in [0.2, 0.25) is 6.79 Å². The first-order chi connectivity index (χ1) is 8.58. The number of ether oxygens (including phenoxy) is 2. The van der Waals surface area contributed by atoms with Crippen LogP contribution in [0.2, 0.25) is 0 Å². The minimum atomic E-state index is -0.539. The van der Waals surface area contributed by atoms with Crippen LogP contribution in [0.15, 0.2) is 22.7 Å². The Morgan fingerprint density at radius 3 is 3.00 bits per heavy atom. The number of nitrogens with zero attached hydrogens (tertiary/aromatic N) is 2. The van der Waals surface area contributed by atoms with Gasteiger partial charge in [-0.15, -0.1) is 0 Å². The van der Waals surface area contributed by atoms with Crippen molar-refractivity contribution in [3.05, 3.63) is 28.3 Å². The molecule has 2 aromatic rings. The second-order valence-corrected chi connectivity index (χ2v) is 3.32. The predicted molar refractivity (Wildman–Crippen MR) is 57.9 cm³/mol. The van der Waals surface area contributed by atoms with Crippen LogP contribution < -0.4 is 4.74 Å². The Kier molecular flexibility index (Phi) is 3.09. The zero-order valence-electron chi connectivity index (χ0n) is 9.28. The first kappa shape index (κ1) is 11.8. The molecule has 8 heteroatoms. The summed E-state index contributed by atoms with van der Waals surface area (Å²) in [5.74, 6) is -0.469. The second-order valence-electron chi connectivity index (χ2n) is 3.32. The van der Waals surface area contributed by atoms with Crippen molar-refractivity contribution in [3.8, 4) is 5.88 Å². The molecule has 0 fully saturated rings. The summed E-state index contributed by atoms with van der Waals surface area (Å²) in [7, 11) is 0. The molecule has 0 aliphatic heterocycles. The smallest absolute Gasteiger partial charge is 0.305 e. The van der Waals surface area contributed by atoms with Crippen molar-refractivity contribution < 1.29 is 23.7 Å². The third-order valence-corrected chi connectivity index (χ3v) is 2.09. The molecule has 0 radical (unpaired) electrons. The largest absolute Gasteiger partial charge is 0.437 e. The number of carbonyl (C=O) groups is 1. The Balaban J connectivity index is 2.25. The van der Waals surface area contributed by atoms with Gasteiger partial charge in [-0.1, -0.05) is 0 Å². The van der Waals surface area contributed by atoms with Gasteiger partial charge in [-0.05, 0) is 11.2 Å². The van der Waals surface area contributed by atoms with E-state index in [9.17, 15) is 14.9 Å². The summed E-state index contributed by atoms with van der Waals surface area (Å²) < 4.78 is 14.5. The molecule has 0 saturated carbocycles. The molecule has 2 rings (SSSR count). The molecule has 1 aromatic carbocycles. The van der Waals surface area contributed by atoms with Gasteiger partial charge in [0.1, 0.15) is 0 Å². The van der Waals surface area contributed by atoms with E-state index in [0.29, 0.717) is 11.0 Å². The third kappa shape index (κ3) is 2.37. The fourth-order valence-corrected chi connectivity index (χ4v) is 1.29. The summed E-state index contributed by atoms with van der Waals surface area (Å²) in [6.07, 6.45) is 0. The summed E-state index contributed by atoms with van der Waals surface area (Å²) in [4.78, 5) is 20.6. The molecule has 0 bridgehead atoms. The monoisotopic (exact) mass is 252 g/mol. The lowest BCUT2D eigenvalue weighted by Gasteiger charge is -2.01. The van der Waals surface area contributed by atoms with Gasteiger partial charge in [0.25, 0.3) is 11.6 Å². The molecular weight excluding hydrogens is 244 g/mol. The maximum atomic E-state index is 10.6. The van der Waals surface area contributed by atoms with Crippen LogP contribution in [0.5, 0.6) is 5.88 Å². The van der Waals surface area contributed by atoms with Crippen molar-refractivity contribution in [2.75, 3.05) is 6.79 Å². The molecular formula is C10H8N2O6. The summed E-state index contributed by atoms with van der Waals surface area (Å²) in [5.41, 5.74) is 0.237. The van der Waals surface area contributed by atoms with Crippen LogP contribution in [-0.4, -0.2) is 22.8 Å². The van der Waals surface area contributed by atoms with Gasteiger partial charge >= 0.3 is 5.97 Å². The number of carbonyl (C=O) groups excluding carboxylic acids is 1. The predicted octanol–water partition coefficient (Wildman–Crippen LogP) is 1.64. The summed E-state index contributed by atoms with van der Waals surface area (Å²) in [6, 6.07) is 3.98. The lowest BCUT2D eigenvalue weighted by molar-refractivity contribution is -0.384. The van der Waals surface area contributed by atoms with Gasteiger partial charge in [-0.25, -0.2) is 0 Å². The number of nitro groups is 1. The third-order valence-electron chi connectivity index (χ3n) is 2.09. The number of benzene rings is 1. The molecule has 1 aromatic heterocycles. The number of hydrogen-bond donors (Lipinski definition) is 0. The van der Waals surface area contributed by atoms with Gasteiger partial charge in [-0.2, -0.15) is 0 Å². The highest BCUT2D eigenvalue weighted by molar-refractivity contribution is 5.84. The van der Waals surface area contributed by atoms with E-state index in [2.05, 4.69) is 9.89 Å². The van der Waals surface area contributed by atoms with E-state index in [4.69, 9.17) is 9.26 Å². The van der Waals surface area contributed by atoms with Crippen LogP contribution >= 0.6 is 0 Å². The molecule has 0 aliphatic rings. The number of fused-ring (bicyclic) bond motifs is 1. The average Bonchev–Trinajstić information content (AvgIpc) is 2.71. The molecule has 0 saturated heterocycles. The number of aromatic nitrogens is 1. The van der Waals surface area contributed by atoms with E-state index in [1.165, 1.54) is 25.1 Å². The van der Waals surface area contributed by atoms with E-state index in [0.717, 1.165) is 0 Å². The van der Waals surface area contributed by atoms with Crippen LogP contribution in [0.4, 0.5) is 5.69 Å². The maximum Gasteiger partial charge on any atom is 0.305 e. The number of non-ortho nitro benzene ring substituents is 1. The van der Waals surface area contributed by atoms with Crippen molar-refractivity contribution in [2.24, 2.45) is 0 Å². The van der Waals surface area contributed by atoms with E-state index >= 15 is 0 Å². The van der Waals surface area contributed by atoms with Crippen LogP contribution in [0.3, 0.4) is 0 Å². The minimum Gasteiger partial charge on any atom is -0.437 e. The van der Waals surface area contributed by atoms with E-state index in [1.807, 2.05) is 0 Å². The Morgan fingerprint density at radius 2 is 2.33 bits per heavy atom. The Bertz CT molecular complexity index is 605. The molecule has 8 nitrogen and oxygen atoms in total. The van der Waals surface area contributed by atoms with Crippen LogP contribution in [0, 0.1) is 10.1 Å². The number of rotatable bonds is 4. The highest BCUT2D eigenvalue weighted by Gasteiger charge is 2.14. The summed E-state index contributed by atoms with van der Waals surface area (Å²) >= 11 is 0. The molecule has 18 heavy (non-hydrogen) atoms. The van der Waals surface area contributed by atoms with E-state index < -0.39 is 10.9 Å². The lowest BCUT2D eigenvalue weighted by atomic mass is 10.2. The SMILES string of the molecule is CC(=O)OCOc1noc2ccc([N+](=O)[O-])cc12. The standard InChI is InChI=1S/C10H8N2O6/c1-6(13)16-5-17-10-8-4-7(12(14)15)2-3-9(8)18-11-10/h2-4H,5H2,1H3. The fourth-order valence-electron chi connectivity index (χ4n) is 1.29. The van der Waals surface area contributed by atoms with Crippen LogP contribution in [-0.2, 0) is 9.53 Å². The highest BCUT2D eigenvalue weighted by Crippen LogP contribution is 2.28. The first-order valence-corrected chi connectivity index (χ1v) is 4.88. The number of esters is 1. The van der Waals surface area contributed by atoms with Gasteiger partial charge in [0.05, 0.1) is 10.3 Å². The van der Waals surface area contributed by atoms with E-state index in [1.54, 1.807) is 0 Å². The zero-order valence-corrected chi connectivity index (χ0v) is 9.28. The van der Waals surface area contributed by atoms with Gasteiger partial charge < -0.3 is 14.0 Å². The normalized spacial score (nSPS) is 10.3. The second kappa shape index (κ2) is 4.70. The molecule has 94 valence electrons. The molecule has 0 unspecified atom stereocenters. The number of hydrogen-bond acceptors (Lipinski definition) is 7. The molecule has 0 aliphatic carbocycles. The fraction of sp³-hybridized carbons (Fsp3) is 0.200. The van der Waals surface area contributed by atoms with Crippen molar-refractivity contribution >= 4 is 22.6 Å².